The number of likely N-dealkylation sites (tertiary alicyclic amines) is 2. The molecule has 2 aliphatic heterocycles. The maximum absolute atomic E-state index is 13.3. The average Bonchev–Trinajstić information content (AvgIpc) is 3.61. The molecule has 0 unspecified atom stereocenters. The van der Waals surface area contributed by atoms with Crippen molar-refractivity contribution in [3.05, 3.63) is 35.9 Å². The van der Waals surface area contributed by atoms with Gasteiger partial charge in [-0.05, 0) is 82.1 Å². The fourth-order valence-corrected chi connectivity index (χ4v) is 6.85. The number of nitrogens with zero attached hydrogens (tertiary/aromatic N) is 3. The Bertz CT molecular complexity index is 1080. The van der Waals surface area contributed by atoms with Crippen molar-refractivity contribution in [1.82, 2.24) is 20.2 Å². The molecule has 0 bridgehead atoms. The molecule has 4 aliphatic rings. The first-order valence-corrected chi connectivity index (χ1v) is 16.4. The second-order valence-electron chi connectivity index (χ2n) is 12.8. The highest BCUT2D eigenvalue weighted by Gasteiger charge is 2.43. The highest BCUT2D eigenvalue weighted by molar-refractivity contribution is 5.87. The molecule has 11 heteroatoms. The number of hydrogen-bond donors (Lipinski definition) is 2. The molecule has 1 aromatic rings. The van der Waals surface area contributed by atoms with E-state index < -0.39 is 23.8 Å². The Morgan fingerprint density at radius 1 is 0.750 bits per heavy atom. The van der Waals surface area contributed by atoms with E-state index in [-0.39, 0.29) is 30.6 Å². The van der Waals surface area contributed by atoms with Gasteiger partial charge in [-0.2, -0.15) is 0 Å². The summed E-state index contributed by atoms with van der Waals surface area (Å²) in [6, 6.07) is 10.4. The van der Waals surface area contributed by atoms with Gasteiger partial charge in [0.05, 0.1) is 11.8 Å². The van der Waals surface area contributed by atoms with Crippen LogP contribution in [0.2, 0.25) is 0 Å². The number of carbonyl (C=O) groups excluding carboxylic acids is 4. The molecule has 0 aromatic heterocycles. The third-order valence-electron chi connectivity index (χ3n) is 9.46. The predicted molar refractivity (Wildman–Crippen MR) is 164 cm³/mol. The van der Waals surface area contributed by atoms with Crippen molar-refractivity contribution in [3.8, 4) is 0 Å². The van der Waals surface area contributed by atoms with Crippen molar-refractivity contribution < 1.29 is 33.9 Å². The van der Waals surface area contributed by atoms with Crippen LogP contribution in [0.15, 0.2) is 30.3 Å². The van der Waals surface area contributed by atoms with Crippen molar-refractivity contribution in [2.75, 3.05) is 40.3 Å². The summed E-state index contributed by atoms with van der Waals surface area (Å²) in [4.78, 5) is 54.2. The molecule has 2 heterocycles. The van der Waals surface area contributed by atoms with Crippen molar-refractivity contribution in [1.29, 1.82) is 0 Å². The van der Waals surface area contributed by atoms with Gasteiger partial charge in [0.1, 0.15) is 12.2 Å². The standard InChI is InChI=1S/C24H33N3O5.C9H17NO2/c28-22(25-31)21-16-19(32-24(30)27-12-4-5-13-27)8-9-20(21)23(29)26-14-10-18(11-15-26)17-6-2-1-3-7-17;1-10(2)9(11)12-8-6-4-3-5-7-8/h1-3,6-7,18-21,31H,4-5,8-16H2,(H,25,28);8H,3-7H2,1-2H3/t19-,20+,21+;/m1./s1. The van der Waals surface area contributed by atoms with Gasteiger partial charge in [0, 0.05) is 40.3 Å². The molecule has 244 valence electrons. The van der Waals surface area contributed by atoms with Crippen LogP contribution in [0.4, 0.5) is 9.59 Å². The largest absolute Gasteiger partial charge is 0.446 e. The average molecular weight is 615 g/mol. The normalized spacial score (nSPS) is 24.5. The molecule has 3 atom stereocenters. The molecule has 44 heavy (non-hydrogen) atoms. The summed E-state index contributed by atoms with van der Waals surface area (Å²) >= 11 is 0. The molecule has 2 N–H and O–H groups in total. The Labute approximate surface area is 261 Å². The highest BCUT2D eigenvalue weighted by atomic mass is 16.6. The number of carbonyl (C=O) groups is 4. The molecule has 0 spiro atoms. The van der Waals surface area contributed by atoms with Gasteiger partial charge in [0.25, 0.3) is 0 Å². The molecule has 2 aliphatic carbocycles. The lowest BCUT2D eigenvalue weighted by molar-refractivity contribution is -0.149. The molecule has 4 amide bonds. The number of hydrogen-bond acceptors (Lipinski definition) is 7. The summed E-state index contributed by atoms with van der Waals surface area (Å²) in [6.07, 6.45) is 10.00. The lowest BCUT2D eigenvalue weighted by atomic mass is 9.76. The first-order valence-electron chi connectivity index (χ1n) is 16.4. The number of ether oxygens (including phenoxy) is 2. The molecule has 4 fully saturated rings. The number of rotatable bonds is 5. The molecule has 2 saturated heterocycles. The van der Waals surface area contributed by atoms with Crippen LogP contribution in [0.5, 0.6) is 0 Å². The first kappa shape index (κ1) is 33.6. The molecule has 1 aromatic carbocycles. The fourth-order valence-electron chi connectivity index (χ4n) is 6.85. The molecular formula is C33H50N4O7. The van der Waals surface area contributed by atoms with Crippen LogP contribution >= 0.6 is 0 Å². The zero-order chi connectivity index (χ0) is 31.5. The number of nitrogens with one attached hydrogen (secondary N) is 1. The zero-order valence-corrected chi connectivity index (χ0v) is 26.3. The number of amides is 4. The quantitative estimate of drug-likeness (QED) is 0.355. The van der Waals surface area contributed by atoms with E-state index in [4.69, 9.17) is 9.47 Å². The van der Waals surface area contributed by atoms with Crippen molar-refractivity contribution in [2.45, 2.75) is 95.2 Å². The Balaban J connectivity index is 0.000000309. The van der Waals surface area contributed by atoms with Crippen LogP contribution in [-0.4, -0.2) is 96.4 Å². The minimum atomic E-state index is -0.704. The summed E-state index contributed by atoms with van der Waals surface area (Å²) in [6.45, 7) is 2.73. The minimum absolute atomic E-state index is 0.0329. The molecule has 5 rings (SSSR count). The number of benzene rings is 1. The van der Waals surface area contributed by atoms with E-state index in [1.807, 2.05) is 23.1 Å². The number of piperidine rings is 1. The van der Waals surface area contributed by atoms with Gasteiger partial charge >= 0.3 is 12.2 Å². The predicted octanol–water partition coefficient (Wildman–Crippen LogP) is 4.93. The monoisotopic (exact) mass is 614 g/mol. The van der Waals surface area contributed by atoms with Gasteiger partial charge < -0.3 is 24.2 Å². The van der Waals surface area contributed by atoms with Crippen LogP contribution in [-0.2, 0) is 19.1 Å². The van der Waals surface area contributed by atoms with E-state index in [0.29, 0.717) is 44.9 Å². The summed E-state index contributed by atoms with van der Waals surface area (Å²) in [5.41, 5.74) is 3.02. The van der Waals surface area contributed by atoms with E-state index in [0.717, 1.165) is 38.5 Å². The maximum Gasteiger partial charge on any atom is 0.410 e. The summed E-state index contributed by atoms with van der Waals surface area (Å²) in [5, 5.41) is 9.26. The fraction of sp³-hybridized carbons (Fsp3) is 0.697. The maximum atomic E-state index is 13.3. The second kappa shape index (κ2) is 16.7. The third kappa shape index (κ3) is 9.33. The summed E-state index contributed by atoms with van der Waals surface area (Å²) in [5.74, 6) is -1.38. The lowest BCUT2D eigenvalue weighted by Gasteiger charge is -2.39. The van der Waals surface area contributed by atoms with Gasteiger partial charge in [-0.15, -0.1) is 0 Å². The summed E-state index contributed by atoms with van der Waals surface area (Å²) in [7, 11) is 3.43. The minimum Gasteiger partial charge on any atom is -0.446 e. The smallest absolute Gasteiger partial charge is 0.410 e. The Kier molecular flexibility index (Phi) is 12.7. The number of hydroxylamine groups is 1. The highest BCUT2D eigenvalue weighted by Crippen LogP contribution is 2.36. The SMILES string of the molecule is CN(C)C(=O)OC1CCCCC1.O=C(NO)[C@H]1C[C@H](OC(=O)N2CCCC2)CC[C@@H]1C(=O)N1CCC(c2ccccc2)CC1. The van der Waals surface area contributed by atoms with E-state index in [2.05, 4.69) is 12.1 Å². The first-order chi connectivity index (χ1) is 21.3. The van der Waals surface area contributed by atoms with E-state index in [1.165, 1.54) is 29.7 Å². The summed E-state index contributed by atoms with van der Waals surface area (Å²) < 4.78 is 10.9. The molecule has 11 nitrogen and oxygen atoms in total. The second-order valence-corrected chi connectivity index (χ2v) is 12.8. The van der Waals surface area contributed by atoms with E-state index in [1.54, 1.807) is 24.5 Å². The Morgan fingerprint density at radius 3 is 2.02 bits per heavy atom. The topological polar surface area (TPSA) is 129 Å². The van der Waals surface area contributed by atoms with Crippen LogP contribution < -0.4 is 5.48 Å². The zero-order valence-electron chi connectivity index (χ0n) is 26.3. The van der Waals surface area contributed by atoms with Gasteiger partial charge in [-0.25, -0.2) is 15.1 Å². The molecular weight excluding hydrogens is 564 g/mol. The van der Waals surface area contributed by atoms with Crippen molar-refractivity contribution in [2.24, 2.45) is 11.8 Å². The van der Waals surface area contributed by atoms with Crippen molar-refractivity contribution >= 4 is 24.0 Å². The Hall–Kier alpha value is -3.34. The van der Waals surface area contributed by atoms with Crippen molar-refractivity contribution in [3.63, 3.8) is 0 Å². The molecule has 2 saturated carbocycles. The van der Waals surface area contributed by atoms with Gasteiger partial charge in [0.15, 0.2) is 0 Å². The van der Waals surface area contributed by atoms with Gasteiger partial charge in [0.2, 0.25) is 11.8 Å². The van der Waals surface area contributed by atoms with Gasteiger partial charge in [-0.3, -0.25) is 14.8 Å². The Morgan fingerprint density at radius 2 is 1.41 bits per heavy atom. The van der Waals surface area contributed by atoms with Crippen LogP contribution in [0, 0.1) is 11.8 Å². The van der Waals surface area contributed by atoms with Gasteiger partial charge in [-0.1, -0.05) is 36.8 Å². The molecule has 0 radical (unpaired) electrons. The lowest BCUT2D eigenvalue weighted by Crippen LogP contribution is -2.49. The third-order valence-corrected chi connectivity index (χ3v) is 9.46. The van der Waals surface area contributed by atoms with Crippen LogP contribution in [0.1, 0.15) is 88.5 Å². The van der Waals surface area contributed by atoms with E-state index in [9.17, 15) is 24.4 Å². The van der Waals surface area contributed by atoms with Crippen LogP contribution in [0.3, 0.4) is 0 Å². The van der Waals surface area contributed by atoms with E-state index >= 15 is 0 Å². The van der Waals surface area contributed by atoms with Crippen LogP contribution in [0.25, 0.3) is 0 Å².